The van der Waals surface area contributed by atoms with Gasteiger partial charge in [-0.2, -0.15) is 0 Å². The Morgan fingerprint density at radius 2 is 1.04 bits per heavy atom. The van der Waals surface area contributed by atoms with Crippen LogP contribution in [0.5, 0.6) is 0 Å². The first-order valence-electron chi connectivity index (χ1n) is 7.31. The molecule has 4 aliphatic rings. The van der Waals surface area contributed by atoms with Gasteiger partial charge < -0.3 is 34.6 Å². The molecule has 128 valence electrons. The van der Waals surface area contributed by atoms with Gasteiger partial charge in [0.25, 0.3) is 0 Å². The van der Waals surface area contributed by atoms with Crippen molar-refractivity contribution >= 4 is 0 Å². The molecule has 2 aliphatic carbocycles. The van der Waals surface area contributed by atoms with Crippen molar-refractivity contribution in [1.82, 2.24) is 0 Å². The predicted octanol–water partition coefficient (Wildman–Crippen LogP) is -0.613. The Labute approximate surface area is 134 Å². The second-order valence-corrected chi connectivity index (χ2v) is 5.45. The van der Waals surface area contributed by atoms with Crippen molar-refractivity contribution in [3.05, 3.63) is 48.6 Å². The van der Waals surface area contributed by atoms with Gasteiger partial charge in [0.2, 0.25) is 11.6 Å². The van der Waals surface area contributed by atoms with Gasteiger partial charge in [-0.05, 0) is 24.3 Å². The van der Waals surface area contributed by atoms with Gasteiger partial charge in [-0.1, -0.05) is 24.3 Å². The fraction of sp³-hybridized carbons (Fsp3) is 0.500. The Hall–Kier alpha value is -1.32. The van der Waals surface area contributed by atoms with Crippen LogP contribution in [0.4, 0.5) is 0 Å². The molecule has 0 amide bonds. The van der Waals surface area contributed by atoms with Crippen LogP contribution in [0.1, 0.15) is 0 Å². The van der Waals surface area contributed by atoms with E-state index in [1.165, 1.54) is 24.3 Å². The lowest BCUT2D eigenvalue weighted by Crippen LogP contribution is -2.18. The molecule has 0 aromatic rings. The Bertz CT molecular complexity index is 411. The highest BCUT2D eigenvalue weighted by Gasteiger charge is 2.26. The maximum atomic E-state index is 8.58. The number of epoxide rings is 2. The summed E-state index contributed by atoms with van der Waals surface area (Å²) in [5.41, 5.74) is 0. The molecular formula is C16H22O7. The van der Waals surface area contributed by atoms with E-state index in [0.717, 1.165) is 26.4 Å². The lowest BCUT2D eigenvalue weighted by molar-refractivity contribution is -0.0728. The van der Waals surface area contributed by atoms with E-state index in [4.69, 9.17) is 34.6 Å². The van der Waals surface area contributed by atoms with Gasteiger partial charge in [0, 0.05) is 0 Å². The lowest BCUT2D eigenvalue weighted by Gasteiger charge is -2.05. The van der Waals surface area contributed by atoms with E-state index in [1.54, 1.807) is 24.3 Å². The van der Waals surface area contributed by atoms with Crippen LogP contribution >= 0.6 is 0 Å². The molecular weight excluding hydrogens is 304 g/mol. The summed E-state index contributed by atoms with van der Waals surface area (Å²) in [7, 11) is 0. The van der Waals surface area contributed by atoms with Gasteiger partial charge in [0.1, 0.15) is 12.2 Å². The summed E-state index contributed by atoms with van der Waals surface area (Å²) in [5.74, 6) is -3.33. The zero-order valence-corrected chi connectivity index (χ0v) is 12.6. The molecule has 2 heterocycles. The summed E-state index contributed by atoms with van der Waals surface area (Å²) in [6.45, 7) is 3.26. The van der Waals surface area contributed by atoms with Crippen LogP contribution in [-0.4, -0.2) is 70.6 Å². The van der Waals surface area contributed by atoms with Gasteiger partial charge in [-0.25, -0.2) is 0 Å². The first-order valence-corrected chi connectivity index (χ1v) is 7.31. The molecule has 2 aliphatic heterocycles. The monoisotopic (exact) mass is 326 g/mol. The summed E-state index contributed by atoms with van der Waals surface area (Å²) in [4.78, 5) is 0. The van der Waals surface area contributed by atoms with Crippen molar-refractivity contribution in [1.29, 1.82) is 0 Å². The molecule has 0 bridgehead atoms. The number of aliphatic hydroxyl groups is 4. The van der Waals surface area contributed by atoms with Gasteiger partial charge in [0.05, 0.1) is 26.4 Å². The molecule has 2 saturated heterocycles. The first kappa shape index (κ1) is 18.0. The zero-order chi connectivity index (χ0) is 16.8. The molecule has 0 aromatic heterocycles. The minimum Gasteiger partial charge on any atom is -0.376 e. The Morgan fingerprint density at radius 3 is 1.22 bits per heavy atom. The Morgan fingerprint density at radius 1 is 0.739 bits per heavy atom. The van der Waals surface area contributed by atoms with Crippen LogP contribution in [-0.2, 0) is 14.2 Å². The zero-order valence-electron chi connectivity index (χ0n) is 12.6. The molecule has 0 radical (unpaired) electrons. The standard InChI is InChI=1S/C6H10O3.2C5H6O2/c1(5-3-8-5)7-2-6-4-9-6;2*6-5(7)3-1-2-4-5/h5-6H,1-4H2;2*1-4,6-7H. The average molecular weight is 326 g/mol. The number of ether oxygens (including phenoxy) is 3. The minimum atomic E-state index is -1.67. The fourth-order valence-electron chi connectivity index (χ4n) is 1.56. The molecule has 0 saturated carbocycles. The van der Waals surface area contributed by atoms with Crippen molar-refractivity contribution in [2.75, 3.05) is 26.4 Å². The largest absolute Gasteiger partial charge is 0.376 e. The highest BCUT2D eigenvalue weighted by molar-refractivity contribution is 5.22. The molecule has 0 aromatic carbocycles. The fourth-order valence-corrected chi connectivity index (χ4v) is 1.56. The third-order valence-corrected chi connectivity index (χ3v) is 3.00. The van der Waals surface area contributed by atoms with Crippen LogP contribution in [0.3, 0.4) is 0 Å². The van der Waals surface area contributed by atoms with E-state index in [0.29, 0.717) is 12.2 Å². The minimum absolute atomic E-state index is 0.392. The van der Waals surface area contributed by atoms with Gasteiger partial charge in [-0.15, -0.1) is 0 Å². The van der Waals surface area contributed by atoms with E-state index in [-0.39, 0.29) is 0 Å². The summed E-state index contributed by atoms with van der Waals surface area (Å²) in [6, 6.07) is 0. The predicted molar refractivity (Wildman–Crippen MR) is 81.2 cm³/mol. The highest BCUT2D eigenvalue weighted by atomic mass is 16.6. The van der Waals surface area contributed by atoms with Crippen LogP contribution in [0.15, 0.2) is 48.6 Å². The second-order valence-electron chi connectivity index (χ2n) is 5.45. The van der Waals surface area contributed by atoms with E-state index < -0.39 is 11.6 Å². The third kappa shape index (κ3) is 8.77. The molecule has 2 atom stereocenters. The Balaban J connectivity index is 0.000000127. The van der Waals surface area contributed by atoms with Crippen molar-refractivity contribution in [3.8, 4) is 0 Å². The van der Waals surface area contributed by atoms with Crippen molar-refractivity contribution in [2.45, 2.75) is 23.8 Å². The summed E-state index contributed by atoms with van der Waals surface area (Å²) >= 11 is 0. The van der Waals surface area contributed by atoms with Gasteiger partial charge >= 0.3 is 0 Å². The number of hydrogen-bond acceptors (Lipinski definition) is 7. The molecule has 7 nitrogen and oxygen atoms in total. The van der Waals surface area contributed by atoms with E-state index >= 15 is 0 Å². The van der Waals surface area contributed by atoms with E-state index in [9.17, 15) is 0 Å². The maximum absolute atomic E-state index is 8.58. The van der Waals surface area contributed by atoms with Crippen molar-refractivity contribution in [3.63, 3.8) is 0 Å². The first-order chi connectivity index (χ1) is 10.9. The molecule has 7 heteroatoms. The van der Waals surface area contributed by atoms with Crippen molar-refractivity contribution in [2.24, 2.45) is 0 Å². The van der Waals surface area contributed by atoms with Crippen LogP contribution in [0.25, 0.3) is 0 Å². The molecule has 23 heavy (non-hydrogen) atoms. The average Bonchev–Trinajstić information content (AvgIpc) is 3.39. The summed E-state index contributed by atoms with van der Waals surface area (Å²) in [5, 5.41) is 34.3. The summed E-state index contributed by atoms with van der Waals surface area (Å²) in [6.07, 6.45) is 12.3. The lowest BCUT2D eigenvalue weighted by atomic mass is 10.3. The normalized spacial score (nSPS) is 29.6. The molecule has 2 fully saturated rings. The third-order valence-electron chi connectivity index (χ3n) is 3.00. The van der Waals surface area contributed by atoms with E-state index in [2.05, 4.69) is 0 Å². The number of rotatable bonds is 4. The van der Waals surface area contributed by atoms with Gasteiger partial charge in [0.15, 0.2) is 0 Å². The molecule has 0 spiro atoms. The van der Waals surface area contributed by atoms with Crippen LogP contribution in [0, 0.1) is 0 Å². The maximum Gasteiger partial charge on any atom is 0.203 e. The highest BCUT2D eigenvalue weighted by Crippen LogP contribution is 2.12. The van der Waals surface area contributed by atoms with Crippen LogP contribution in [0.2, 0.25) is 0 Å². The SMILES string of the molecule is C(OCC1CO1)C1CO1.OC1(O)C=CC=C1.OC1(O)C=CC=C1. The summed E-state index contributed by atoms with van der Waals surface area (Å²) < 4.78 is 15.1. The molecule has 4 N–H and O–H groups in total. The number of allylic oxidation sites excluding steroid dienone is 4. The van der Waals surface area contributed by atoms with Crippen LogP contribution < -0.4 is 0 Å². The smallest absolute Gasteiger partial charge is 0.203 e. The van der Waals surface area contributed by atoms with E-state index in [1.807, 2.05) is 0 Å². The molecule has 4 rings (SSSR count). The topological polar surface area (TPSA) is 115 Å². The second kappa shape index (κ2) is 7.98. The number of hydrogen-bond donors (Lipinski definition) is 4. The quantitative estimate of drug-likeness (QED) is 0.402. The van der Waals surface area contributed by atoms with Crippen molar-refractivity contribution < 1.29 is 34.6 Å². The Kier molecular flexibility index (Phi) is 6.25. The van der Waals surface area contributed by atoms with Gasteiger partial charge in [-0.3, -0.25) is 0 Å². The molecule has 2 unspecified atom stereocenters.